The summed E-state index contributed by atoms with van der Waals surface area (Å²) in [6.45, 7) is 0. The van der Waals surface area contributed by atoms with Crippen LogP contribution in [0.5, 0.6) is 0 Å². The summed E-state index contributed by atoms with van der Waals surface area (Å²) in [5.74, 6) is 0. The zero-order valence-corrected chi connectivity index (χ0v) is 12.6. The van der Waals surface area contributed by atoms with Gasteiger partial charge in [0.25, 0.3) is 0 Å². The monoisotopic (exact) mass is 293 g/mol. The third-order valence-corrected chi connectivity index (χ3v) is 4.77. The number of hydrogen-bond donors (Lipinski definition) is 1. The molecule has 2 N–H and O–H groups in total. The van der Waals surface area contributed by atoms with E-state index in [1.54, 1.807) is 0 Å². The molecule has 0 radical (unpaired) electrons. The van der Waals surface area contributed by atoms with E-state index in [1.165, 1.54) is 44.2 Å². The van der Waals surface area contributed by atoms with Gasteiger partial charge in [-0.15, -0.1) is 0 Å². The van der Waals surface area contributed by atoms with Gasteiger partial charge in [-0.25, -0.2) is 0 Å². The molecule has 0 atom stereocenters. The Kier molecular flexibility index (Phi) is 2.42. The normalized spacial score (nSPS) is 11.7. The molecule has 0 spiro atoms. The second kappa shape index (κ2) is 4.47. The largest absolute Gasteiger partial charge is 0.399 e. The zero-order chi connectivity index (χ0) is 15.4. The predicted octanol–water partition coefficient (Wildman–Crippen LogP) is 5.74. The highest BCUT2D eigenvalue weighted by molar-refractivity contribution is 6.18. The van der Waals surface area contributed by atoms with Crippen LogP contribution in [-0.2, 0) is 0 Å². The maximum atomic E-state index is 5.83. The topological polar surface area (TPSA) is 26.0 Å². The average molecular weight is 293 g/mol. The molecule has 0 unspecified atom stereocenters. The summed E-state index contributed by atoms with van der Waals surface area (Å²) in [5, 5.41) is 2.67. The molecule has 4 aromatic carbocycles. The van der Waals surface area contributed by atoms with Gasteiger partial charge in [-0.3, -0.25) is 0 Å². The molecular formula is C22H15N. The number of benzene rings is 4. The number of nitrogens with two attached hydrogens (primary N) is 1. The molecule has 1 nitrogen and oxygen atoms in total. The van der Waals surface area contributed by atoms with Crippen LogP contribution in [0.15, 0.2) is 78.9 Å². The van der Waals surface area contributed by atoms with Crippen molar-refractivity contribution in [3.63, 3.8) is 0 Å². The fourth-order valence-corrected chi connectivity index (χ4v) is 3.72. The zero-order valence-electron chi connectivity index (χ0n) is 12.6. The van der Waals surface area contributed by atoms with Crippen LogP contribution in [0.1, 0.15) is 0 Å². The lowest BCUT2D eigenvalue weighted by Gasteiger charge is -2.10. The van der Waals surface area contributed by atoms with Crippen LogP contribution < -0.4 is 5.73 Å². The molecule has 0 saturated heterocycles. The van der Waals surface area contributed by atoms with E-state index in [0.29, 0.717) is 0 Å². The maximum absolute atomic E-state index is 5.83. The first-order valence-electron chi connectivity index (χ1n) is 7.84. The van der Waals surface area contributed by atoms with Gasteiger partial charge in [0.05, 0.1) is 0 Å². The van der Waals surface area contributed by atoms with E-state index in [9.17, 15) is 0 Å². The Bertz CT molecular complexity index is 1030. The van der Waals surface area contributed by atoms with E-state index in [2.05, 4.69) is 66.7 Å². The van der Waals surface area contributed by atoms with Crippen molar-refractivity contribution < 1.29 is 0 Å². The van der Waals surface area contributed by atoms with Crippen LogP contribution in [0, 0.1) is 0 Å². The summed E-state index contributed by atoms with van der Waals surface area (Å²) in [7, 11) is 0. The van der Waals surface area contributed by atoms with E-state index >= 15 is 0 Å². The molecule has 23 heavy (non-hydrogen) atoms. The van der Waals surface area contributed by atoms with Crippen LogP contribution >= 0.6 is 0 Å². The van der Waals surface area contributed by atoms with E-state index in [-0.39, 0.29) is 0 Å². The maximum Gasteiger partial charge on any atom is 0.0314 e. The highest BCUT2D eigenvalue weighted by atomic mass is 14.5. The van der Waals surface area contributed by atoms with E-state index in [4.69, 9.17) is 5.73 Å². The lowest BCUT2D eigenvalue weighted by Crippen LogP contribution is -1.86. The van der Waals surface area contributed by atoms with Crippen molar-refractivity contribution in [3.05, 3.63) is 78.9 Å². The molecule has 0 amide bonds. The number of rotatable bonds is 1. The standard InChI is InChI=1S/C22H15N/c23-15-10-8-14(9-11-15)16-12-13-21-18-5-2-1-4-17(18)20-7-3-6-19(16)22(20)21/h1-13H,23H2. The number of anilines is 1. The Labute approximate surface area is 135 Å². The van der Waals surface area contributed by atoms with Crippen LogP contribution in [-0.4, -0.2) is 0 Å². The van der Waals surface area contributed by atoms with Gasteiger partial charge in [-0.2, -0.15) is 0 Å². The summed E-state index contributed by atoms with van der Waals surface area (Å²) >= 11 is 0. The minimum atomic E-state index is 0.798. The van der Waals surface area contributed by atoms with Crippen molar-refractivity contribution in [3.8, 4) is 33.4 Å². The van der Waals surface area contributed by atoms with Crippen molar-refractivity contribution in [1.29, 1.82) is 0 Å². The minimum Gasteiger partial charge on any atom is -0.399 e. The van der Waals surface area contributed by atoms with Crippen molar-refractivity contribution >= 4 is 16.5 Å². The molecule has 0 fully saturated rings. The van der Waals surface area contributed by atoms with Crippen molar-refractivity contribution in [2.75, 3.05) is 5.73 Å². The van der Waals surface area contributed by atoms with Crippen molar-refractivity contribution in [2.45, 2.75) is 0 Å². The molecule has 1 heteroatoms. The third-order valence-electron chi connectivity index (χ3n) is 4.77. The number of fused-ring (bicyclic) bond motifs is 3. The molecule has 108 valence electrons. The van der Waals surface area contributed by atoms with Crippen LogP contribution in [0.4, 0.5) is 5.69 Å². The van der Waals surface area contributed by atoms with Crippen LogP contribution in [0.2, 0.25) is 0 Å². The van der Waals surface area contributed by atoms with Gasteiger partial charge in [-0.05, 0) is 56.3 Å². The average Bonchev–Trinajstić information content (AvgIpc) is 2.93. The Balaban J connectivity index is 1.87. The fourth-order valence-electron chi connectivity index (χ4n) is 3.72. The molecule has 0 saturated carbocycles. The van der Waals surface area contributed by atoms with Crippen LogP contribution in [0.3, 0.4) is 0 Å². The van der Waals surface area contributed by atoms with E-state index < -0.39 is 0 Å². The van der Waals surface area contributed by atoms with Crippen molar-refractivity contribution in [2.24, 2.45) is 0 Å². The Morgan fingerprint density at radius 3 is 1.83 bits per heavy atom. The lowest BCUT2D eigenvalue weighted by atomic mass is 9.94. The quantitative estimate of drug-likeness (QED) is 0.392. The summed E-state index contributed by atoms with van der Waals surface area (Å²) in [4.78, 5) is 0. The molecule has 0 bridgehead atoms. The predicted molar refractivity (Wildman–Crippen MR) is 98.2 cm³/mol. The Hall–Kier alpha value is -3.06. The summed E-state index contributed by atoms with van der Waals surface area (Å²) in [6, 6.07) is 27.9. The first kappa shape index (κ1) is 12.5. The second-order valence-electron chi connectivity index (χ2n) is 6.06. The van der Waals surface area contributed by atoms with Gasteiger partial charge in [0.2, 0.25) is 0 Å². The smallest absolute Gasteiger partial charge is 0.0314 e. The van der Waals surface area contributed by atoms with E-state index in [1.807, 2.05) is 12.1 Å². The SMILES string of the molecule is Nc1ccc(-c2ccc3c4c(cccc24)-c2ccccc2-3)cc1. The lowest BCUT2D eigenvalue weighted by molar-refractivity contribution is 1.64. The minimum absolute atomic E-state index is 0.798. The van der Waals surface area contributed by atoms with Gasteiger partial charge < -0.3 is 5.73 Å². The Morgan fingerprint density at radius 2 is 1.09 bits per heavy atom. The second-order valence-corrected chi connectivity index (χ2v) is 6.06. The van der Waals surface area contributed by atoms with Gasteiger partial charge in [0.1, 0.15) is 0 Å². The van der Waals surface area contributed by atoms with Gasteiger partial charge in [0, 0.05) is 5.69 Å². The first-order chi connectivity index (χ1) is 11.3. The van der Waals surface area contributed by atoms with Gasteiger partial charge in [0.15, 0.2) is 0 Å². The molecular weight excluding hydrogens is 278 g/mol. The Morgan fingerprint density at radius 1 is 0.478 bits per heavy atom. The van der Waals surface area contributed by atoms with Crippen LogP contribution in [0.25, 0.3) is 44.2 Å². The number of hydrogen-bond acceptors (Lipinski definition) is 1. The van der Waals surface area contributed by atoms with Crippen molar-refractivity contribution in [1.82, 2.24) is 0 Å². The molecule has 5 rings (SSSR count). The van der Waals surface area contributed by atoms with Gasteiger partial charge >= 0.3 is 0 Å². The summed E-state index contributed by atoms with van der Waals surface area (Å²) < 4.78 is 0. The summed E-state index contributed by atoms with van der Waals surface area (Å²) in [5.41, 5.74) is 14.4. The molecule has 1 aliphatic rings. The molecule has 0 aromatic heterocycles. The highest BCUT2D eigenvalue weighted by Gasteiger charge is 2.21. The molecule has 1 aliphatic carbocycles. The summed E-state index contributed by atoms with van der Waals surface area (Å²) in [6.07, 6.45) is 0. The fraction of sp³-hybridized carbons (Fsp3) is 0. The molecule has 0 heterocycles. The first-order valence-corrected chi connectivity index (χ1v) is 7.84. The molecule has 0 aliphatic heterocycles. The number of nitrogen functional groups attached to an aromatic ring is 1. The third kappa shape index (κ3) is 1.68. The van der Waals surface area contributed by atoms with Gasteiger partial charge in [-0.1, -0.05) is 66.7 Å². The molecule has 4 aromatic rings. The van der Waals surface area contributed by atoms with E-state index in [0.717, 1.165) is 5.69 Å². The highest BCUT2D eigenvalue weighted by Crippen LogP contribution is 2.48.